The zero-order chi connectivity index (χ0) is 15.4. The first-order valence-electron chi connectivity index (χ1n) is 7.43. The normalized spacial score (nSPS) is 13.0. The largest absolute Gasteiger partial charge is 0.497 e. The molecule has 0 bridgehead atoms. The Labute approximate surface area is 130 Å². The number of carbonyl (C=O) groups is 1. The Morgan fingerprint density at radius 1 is 1.23 bits per heavy atom. The Morgan fingerprint density at radius 3 is 2.82 bits per heavy atom. The second kappa shape index (κ2) is 6.52. The van der Waals surface area contributed by atoms with Gasteiger partial charge in [-0.1, -0.05) is 12.1 Å². The molecule has 2 aromatic carbocycles. The molecule has 0 radical (unpaired) electrons. The summed E-state index contributed by atoms with van der Waals surface area (Å²) >= 11 is 0. The van der Waals surface area contributed by atoms with Gasteiger partial charge in [0.05, 0.1) is 13.7 Å². The van der Waals surface area contributed by atoms with Gasteiger partial charge in [0.15, 0.2) is 0 Å². The maximum atomic E-state index is 12.1. The number of hydrogen-bond acceptors (Lipinski definition) is 3. The van der Waals surface area contributed by atoms with Crippen LogP contribution in [-0.2, 0) is 13.0 Å². The van der Waals surface area contributed by atoms with Gasteiger partial charge in [0.25, 0.3) is 5.91 Å². The van der Waals surface area contributed by atoms with Crippen LogP contribution in [0.5, 0.6) is 11.5 Å². The number of hydrogen-bond donors (Lipinski definition) is 1. The molecular formula is C18H19NO3. The molecule has 0 unspecified atom stereocenters. The van der Waals surface area contributed by atoms with Crippen LogP contribution in [0.2, 0.25) is 0 Å². The first-order chi connectivity index (χ1) is 10.8. The fourth-order valence-electron chi connectivity index (χ4n) is 2.55. The molecule has 114 valence electrons. The smallest absolute Gasteiger partial charge is 0.251 e. The SMILES string of the molecule is COc1ccc(C(=O)NCc2ccc3c(c2)CCCO3)cc1. The minimum atomic E-state index is -0.0865. The number of nitrogens with one attached hydrogen (secondary N) is 1. The first-order valence-corrected chi connectivity index (χ1v) is 7.43. The van der Waals surface area contributed by atoms with Crippen molar-refractivity contribution >= 4 is 5.91 Å². The molecule has 0 atom stereocenters. The van der Waals surface area contributed by atoms with E-state index < -0.39 is 0 Å². The maximum Gasteiger partial charge on any atom is 0.251 e. The van der Waals surface area contributed by atoms with Crippen LogP contribution in [0.3, 0.4) is 0 Å². The van der Waals surface area contributed by atoms with Crippen molar-refractivity contribution < 1.29 is 14.3 Å². The molecule has 2 aromatic rings. The number of fused-ring (bicyclic) bond motifs is 1. The van der Waals surface area contributed by atoms with E-state index in [9.17, 15) is 4.79 Å². The van der Waals surface area contributed by atoms with Crippen LogP contribution in [0, 0.1) is 0 Å². The van der Waals surface area contributed by atoms with Gasteiger partial charge < -0.3 is 14.8 Å². The summed E-state index contributed by atoms with van der Waals surface area (Å²) in [6, 6.07) is 13.2. The molecule has 0 saturated heterocycles. The van der Waals surface area contributed by atoms with Crippen molar-refractivity contribution in [3.05, 3.63) is 59.2 Å². The third-order valence-corrected chi connectivity index (χ3v) is 3.78. The minimum absolute atomic E-state index is 0.0865. The van der Waals surface area contributed by atoms with Gasteiger partial charge in [-0.2, -0.15) is 0 Å². The van der Waals surface area contributed by atoms with Crippen LogP contribution in [0.4, 0.5) is 0 Å². The lowest BCUT2D eigenvalue weighted by Crippen LogP contribution is -2.22. The van der Waals surface area contributed by atoms with Crippen LogP contribution in [0.15, 0.2) is 42.5 Å². The Kier molecular flexibility index (Phi) is 4.28. The van der Waals surface area contributed by atoms with Crippen LogP contribution in [-0.4, -0.2) is 19.6 Å². The average Bonchev–Trinajstić information content (AvgIpc) is 2.59. The summed E-state index contributed by atoms with van der Waals surface area (Å²) in [5.41, 5.74) is 2.94. The van der Waals surface area contributed by atoms with Crippen molar-refractivity contribution in [2.75, 3.05) is 13.7 Å². The van der Waals surface area contributed by atoms with Crippen LogP contribution >= 0.6 is 0 Å². The molecule has 1 N–H and O–H groups in total. The molecule has 0 fully saturated rings. The predicted molar refractivity (Wildman–Crippen MR) is 84.4 cm³/mol. The molecule has 1 aliphatic rings. The highest BCUT2D eigenvalue weighted by Gasteiger charge is 2.11. The van der Waals surface area contributed by atoms with Crippen molar-refractivity contribution in [2.45, 2.75) is 19.4 Å². The van der Waals surface area contributed by atoms with Crippen molar-refractivity contribution in [1.82, 2.24) is 5.32 Å². The number of carbonyl (C=O) groups excluding carboxylic acids is 1. The van der Waals surface area contributed by atoms with E-state index in [4.69, 9.17) is 9.47 Å². The van der Waals surface area contributed by atoms with E-state index in [1.807, 2.05) is 12.1 Å². The van der Waals surface area contributed by atoms with E-state index in [0.717, 1.165) is 36.5 Å². The number of rotatable bonds is 4. The Balaban J connectivity index is 1.62. The van der Waals surface area contributed by atoms with E-state index in [1.54, 1.807) is 31.4 Å². The van der Waals surface area contributed by atoms with Gasteiger partial charge in [0.1, 0.15) is 11.5 Å². The summed E-state index contributed by atoms with van der Waals surface area (Å²) in [7, 11) is 1.61. The maximum absolute atomic E-state index is 12.1. The molecule has 1 heterocycles. The van der Waals surface area contributed by atoms with E-state index in [1.165, 1.54) is 5.56 Å². The summed E-state index contributed by atoms with van der Waals surface area (Å²) in [5.74, 6) is 1.62. The van der Waals surface area contributed by atoms with E-state index in [2.05, 4.69) is 11.4 Å². The van der Waals surface area contributed by atoms with Gasteiger partial charge in [-0.25, -0.2) is 0 Å². The van der Waals surface area contributed by atoms with E-state index in [-0.39, 0.29) is 5.91 Å². The van der Waals surface area contributed by atoms with Gasteiger partial charge in [0.2, 0.25) is 0 Å². The Bertz CT molecular complexity index is 665. The highest BCUT2D eigenvalue weighted by Crippen LogP contribution is 2.25. The van der Waals surface area contributed by atoms with Crippen LogP contribution < -0.4 is 14.8 Å². The average molecular weight is 297 g/mol. The molecule has 1 aliphatic heterocycles. The van der Waals surface area contributed by atoms with Gasteiger partial charge in [-0.3, -0.25) is 4.79 Å². The standard InChI is InChI=1S/C18H19NO3/c1-21-16-7-5-14(6-8-16)18(20)19-12-13-4-9-17-15(11-13)3-2-10-22-17/h4-9,11H,2-3,10,12H2,1H3,(H,19,20). The van der Waals surface area contributed by atoms with Crippen molar-refractivity contribution in [1.29, 1.82) is 0 Å². The molecule has 3 rings (SSSR count). The van der Waals surface area contributed by atoms with Gasteiger partial charge >= 0.3 is 0 Å². The second-order valence-electron chi connectivity index (χ2n) is 5.31. The molecular weight excluding hydrogens is 278 g/mol. The zero-order valence-electron chi connectivity index (χ0n) is 12.6. The van der Waals surface area contributed by atoms with Gasteiger partial charge in [-0.15, -0.1) is 0 Å². The Morgan fingerprint density at radius 2 is 2.05 bits per heavy atom. The topological polar surface area (TPSA) is 47.6 Å². The number of amides is 1. The number of aryl methyl sites for hydroxylation is 1. The van der Waals surface area contributed by atoms with Crippen LogP contribution in [0.1, 0.15) is 27.9 Å². The molecule has 0 aromatic heterocycles. The highest BCUT2D eigenvalue weighted by atomic mass is 16.5. The quantitative estimate of drug-likeness (QED) is 0.944. The first kappa shape index (κ1) is 14.4. The summed E-state index contributed by atoms with van der Waals surface area (Å²) in [4.78, 5) is 12.1. The molecule has 1 amide bonds. The molecule has 22 heavy (non-hydrogen) atoms. The van der Waals surface area contributed by atoms with E-state index in [0.29, 0.717) is 12.1 Å². The molecule has 0 spiro atoms. The van der Waals surface area contributed by atoms with Gasteiger partial charge in [0, 0.05) is 12.1 Å². The summed E-state index contributed by atoms with van der Waals surface area (Å²) < 4.78 is 10.7. The zero-order valence-corrected chi connectivity index (χ0v) is 12.6. The third-order valence-electron chi connectivity index (χ3n) is 3.78. The fraction of sp³-hybridized carbons (Fsp3) is 0.278. The summed E-state index contributed by atoms with van der Waals surface area (Å²) in [6.07, 6.45) is 2.09. The fourth-order valence-corrected chi connectivity index (χ4v) is 2.55. The number of benzene rings is 2. The van der Waals surface area contributed by atoms with Crippen molar-refractivity contribution in [3.63, 3.8) is 0 Å². The highest BCUT2D eigenvalue weighted by molar-refractivity contribution is 5.94. The lowest BCUT2D eigenvalue weighted by Gasteiger charge is -2.18. The number of ether oxygens (including phenoxy) is 2. The number of methoxy groups -OCH3 is 1. The predicted octanol–water partition coefficient (Wildman–Crippen LogP) is 2.95. The molecule has 0 saturated carbocycles. The van der Waals surface area contributed by atoms with Crippen molar-refractivity contribution in [2.24, 2.45) is 0 Å². The third kappa shape index (κ3) is 3.22. The lowest BCUT2D eigenvalue weighted by molar-refractivity contribution is 0.0951. The van der Waals surface area contributed by atoms with Gasteiger partial charge in [-0.05, 0) is 54.3 Å². The molecule has 4 heteroatoms. The van der Waals surface area contributed by atoms with Crippen LogP contribution in [0.25, 0.3) is 0 Å². The summed E-state index contributed by atoms with van der Waals surface area (Å²) in [6.45, 7) is 1.30. The lowest BCUT2D eigenvalue weighted by atomic mass is 10.0. The van der Waals surface area contributed by atoms with E-state index >= 15 is 0 Å². The monoisotopic (exact) mass is 297 g/mol. The molecule has 4 nitrogen and oxygen atoms in total. The Hall–Kier alpha value is -2.49. The van der Waals surface area contributed by atoms with Crippen molar-refractivity contribution in [3.8, 4) is 11.5 Å². The minimum Gasteiger partial charge on any atom is -0.497 e. The second-order valence-corrected chi connectivity index (χ2v) is 5.31. The molecule has 0 aliphatic carbocycles. The summed E-state index contributed by atoms with van der Waals surface area (Å²) in [5, 5.41) is 2.94.